The molecule has 0 aliphatic carbocycles. The first kappa shape index (κ1) is 11.3. The molecule has 0 aromatic carbocycles. The third-order valence-electron chi connectivity index (χ3n) is 2.08. The van der Waals surface area contributed by atoms with Gasteiger partial charge in [-0.05, 0) is 12.8 Å². The van der Waals surface area contributed by atoms with E-state index in [2.05, 4.69) is 30.7 Å². The predicted molar refractivity (Wildman–Crippen MR) is 61.3 cm³/mol. The molecule has 0 amide bonds. The summed E-state index contributed by atoms with van der Waals surface area (Å²) in [6.07, 6.45) is 0. The van der Waals surface area contributed by atoms with Crippen molar-refractivity contribution < 1.29 is 0 Å². The molecule has 1 rings (SSSR count). The van der Waals surface area contributed by atoms with Crippen LogP contribution in [0.4, 0.5) is 5.82 Å². The summed E-state index contributed by atoms with van der Waals surface area (Å²) in [4.78, 5) is 8.37. The predicted octanol–water partition coefficient (Wildman–Crippen LogP) is 2.50. The molecule has 1 aromatic heterocycles. The molecule has 0 bridgehead atoms. The first-order valence-electron chi connectivity index (χ1n) is 4.77. The van der Waals surface area contributed by atoms with Crippen LogP contribution < -0.4 is 5.73 Å². The van der Waals surface area contributed by atoms with Crippen LogP contribution in [-0.2, 0) is 0 Å². The molecule has 1 unspecified atom stereocenters. The van der Waals surface area contributed by atoms with Gasteiger partial charge in [-0.2, -0.15) is 0 Å². The molecular weight excluding hydrogens is 194 g/mol. The molecule has 0 spiro atoms. The van der Waals surface area contributed by atoms with E-state index >= 15 is 0 Å². The van der Waals surface area contributed by atoms with Crippen molar-refractivity contribution in [3.8, 4) is 0 Å². The molecule has 2 N–H and O–H groups in total. The highest BCUT2D eigenvalue weighted by Gasteiger charge is 2.10. The number of aryl methyl sites for hydroxylation is 1. The molecule has 0 saturated carbocycles. The Morgan fingerprint density at radius 3 is 2.43 bits per heavy atom. The number of nitrogens with two attached hydrogens (primary N) is 1. The van der Waals surface area contributed by atoms with E-state index < -0.39 is 0 Å². The van der Waals surface area contributed by atoms with Crippen molar-refractivity contribution in [1.29, 1.82) is 0 Å². The summed E-state index contributed by atoms with van der Waals surface area (Å²) in [6, 6.07) is 1.83. The third-order valence-corrected chi connectivity index (χ3v) is 3.45. The molecule has 0 fully saturated rings. The lowest BCUT2D eigenvalue weighted by molar-refractivity contribution is 0.641. The highest BCUT2D eigenvalue weighted by atomic mass is 32.2. The highest BCUT2D eigenvalue weighted by molar-refractivity contribution is 7.99. The first-order chi connectivity index (χ1) is 6.49. The fraction of sp³-hybridized carbons (Fsp3) is 0.600. The normalized spacial score (nSPS) is 13.2. The van der Waals surface area contributed by atoms with Crippen LogP contribution in [0.5, 0.6) is 0 Å². The standard InChI is InChI=1S/C10H17N3S/c1-6(2)7(3)14-10-5-9(11)12-8(4)13-10/h5-7H,1-4H3,(H2,11,12,13). The second-order valence-corrected chi connectivity index (χ2v) is 5.14. The van der Waals surface area contributed by atoms with E-state index in [1.165, 1.54) is 0 Å². The average Bonchev–Trinajstić information content (AvgIpc) is 2.01. The van der Waals surface area contributed by atoms with Crippen molar-refractivity contribution in [2.24, 2.45) is 5.92 Å². The zero-order valence-corrected chi connectivity index (χ0v) is 9.93. The van der Waals surface area contributed by atoms with Crippen LogP contribution in [0.2, 0.25) is 0 Å². The summed E-state index contributed by atoms with van der Waals surface area (Å²) >= 11 is 1.75. The number of rotatable bonds is 3. The Bertz CT molecular complexity index is 292. The minimum Gasteiger partial charge on any atom is -0.384 e. The van der Waals surface area contributed by atoms with Gasteiger partial charge in [-0.1, -0.05) is 20.8 Å². The summed E-state index contributed by atoms with van der Waals surface area (Å²) in [5, 5.41) is 1.51. The minimum atomic E-state index is 0.545. The monoisotopic (exact) mass is 211 g/mol. The van der Waals surface area contributed by atoms with E-state index in [-0.39, 0.29) is 0 Å². The van der Waals surface area contributed by atoms with Gasteiger partial charge in [0, 0.05) is 11.3 Å². The van der Waals surface area contributed by atoms with Gasteiger partial charge >= 0.3 is 0 Å². The lowest BCUT2D eigenvalue weighted by Gasteiger charge is -2.14. The van der Waals surface area contributed by atoms with E-state index in [1.54, 1.807) is 11.8 Å². The molecule has 0 saturated heterocycles. The summed E-state index contributed by atoms with van der Waals surface area (Å²) < 4.78 is 0. The van der Waals surface area contributed by atoms with E-state index in [0.29, 0.717) is 17.0 Å². The van der Waals surface area contributed by atoms with Crippen LogP contribution >= 0.6 is 11.8 Å². The van der Waals surface area contributed by atoms with E-state index in [0.717, 1.165) is 10.9 Å². The molecule has 78 valence electrons. The number of aromatic nitrogens is 2. The van der Waals surface area contributed by atoms with Gasteiger partial charge in [0.15, 0.2) is 0 Å². The van der Waals surface area contributed by atoms with Gasteiger partial charge in [0.25, 0.3) is 0 Å². The third kappa shape index (κ3) is 3.18. The number of hydrogen-bond donors (Lipinski definition) is 1. The molecule has 1 atom stereocenters. The smallest absolute Gasteiger partial charge is 0.128 e. The Kier molecular flexibility index (Phi) is 3.75. The van der Waals surface area contributed by atoms with Gasteiger partial charge in [0.2, 0.25) is 0 Å². The van der Waals surface area contributed by atoms with Crippen LogP contribution in [0.15, 0.2) is 11.1 Å². The van der Waals surface area contributed by atoms with Crippen molar-refractivity contribution in [3.63, 3.8) is 0 Å². The average molecular weight is 211 g/mol. The van der Waals surface area contributed by atoms with Crippen LogP contribution in [0, 0.1) is 12.8 Å². The Labute approximate surface area is 89.5 Å². The van der Waals surface area contributed by atoms with Crippen LogP contribution in [0.3, 0.4) is 0 Å². The van der Waals surface area contributed by atoms with Gasteiger partial charge in [-0.25, -0.2) is 9.97 Å². The fourth-order valence-corrected chi connectivity index (χ4v) is 1.98. The molecular formula is C10H17N3S. The summed E-state index contributed by atoms with van der Waals surface area (Å²) in [7, 11) is 0. The Hall–Kier alpha value is -0.770. The number of thioether (sulfide) groups is 1. The SMILES string of the molecule is Cc1nc(N)cc(SC(C)C(C)C)n1. The van der Waals surface area contributed by atoms with E-state index in [9.17, 15) is 0 Å². The molecule has 1 aromatic rings. The minimum absolute atomic E-state index is 0.545. The lowest BCUT2D eigenvalue weighted by Crippen LogP contribution is -2.06. The number of nitrogens with zero attached hydrogens (tertiary/aromatic N) is 2. The zero-order valence-electron chi connectivity index (χ0n) is 9.11. The molecule has 0 radical (unpaired) electrons. The van der Waals surface area contributed by atoms with Crippen molar-refractivity contribution in [1.82, 2.24) is 9.97 Å². The van der Waals surface area contributed by atoms with Crippen molar-refractivity contribution in [2.45, 2.75) is 38.0 Å². The molecule has 0 aliphatic rings. The number of anilines is 1. The van der Waals surface area contributed by atoms with E-state index in [1.807, 2.05) is 13.0 Å². The Balaban J connectivity index is 2.76. The van der Waals surface area contributed by atoms with Gasteiger partial charge in [0.1, 0.15) is 16.7 Å². The quantitative estimate of drug-likeness (QED) is 0.616. The van der Waals surface area contributed by atoms with Gasteiger partial charge in [0.05, 0.1) is 0 Å². The number of nitrogen functional groups attached to an aromatic ring is 1. The molecule has 3 nitrogen and oxygen atoms in total. The Morgan fingerprint density at radius 1 is 1.29 bits per heavy atom. The van der Waals surface area contributed by atoms with Gasteiger partial charge < -0.3 is 5.73 Å². The van der Waals surface area contributed by atoms with Crippen molar-refractivity contribution in [2.75, 3.05) is 5.73 Å². The first-order valence-corrected chi connectivity index (χ1v) is 5.65. The summed E-state index contributed by atoms with van der Waals surface area (Å²) in [6.45, 7) is 8.47. The zero-order chi connectivity index (χ0) is 10.7. The molecule has 4 heteroatoms. The molecule has 14 heavy (non-hydrogen) atoms. The van der Waals surface area contributed by atoms with Crippen LogP contribution in [0.25, 0.3) is 0 Å². The van der Waals surface area contributed by atoms with Crippen molar-refractivity contribution >= 4 is 17.6 Å². The maximum atomic E-state index is 5.65. The van der Waals surface area contributed by atoms with Gasteiger partial charge in [-0.15, -0.1) is 11.8 Å². The second kappa shape index (κ2) is 4.64. The summed E-state index contributed by atoms with van der Waals surface area (Å²) in [5.41, 5.74) is 5.65. The topological polar surface area (TPSA) is 51.8 Å². The summed E-state index contributed by atoms with van der Waals surface area (Å²) in [5.74, 6) is 1.93. The van der Waals surface area contributed by atoms with Gasteiger partial charge in [-0.3, -0.25) is 0 Å². The maximum Gasteiger partial charge on any atom is 0.128 e. The molecule has 1 heterocycles. The second-order valence-electron chi connectivity index (χ2n) is 3.75. The highest BCUT2D eigenvalue weighted by Crippen LogP contribution is 2.26. The van der Waals surface area contributed by atoms with E-state index in [4.69, 9.17) is 5.73 Å². The van der Waals surface area contributed by atoms with Crippen LogP contribution in [-0.4, -0.2) is 15.2 Å². The fourth-order valence-electron chi connectivity index (χ4n) is 0.949. The lowest BCUT2D eigenvalue weighted by atomic mass is 10.2. The maximum absolute atomic E-state index is 5.65. The van der Waals surface area contributed by atoms with Crippen LogP contribution in [0.1, 0.15) is 26.6 Å². The number of hydrogen-bond acceptors (Lipinski definition) is 4. The largest absolute Gasteiger partial charge is 0.384 e. The van der Waals surface area contributed by atoms with Crippen molar-refractivity contribution in [3.05, 3.63) is 11.9 Å². The molecule has 0 aliphatic heterocycles. The Morgan fingerprint density at radius 2 is 1.93 bits per heavy atom.